The van der Waals surface area contributed by atoms with E-state index in [1.54, 1.807) is 33.8 Å². The average molecular weight is 472 g/mol. The van der Waals surface area contributed by atoms with E-state index < -0.39 is 29.3 Å². The number of pyridine rings is 1. The zero-order valence-electron chi connectivity index (χ0n) is 16.0. The summed E-state index contributed by atoms with van der Waals surface area (Å²) in [5.41, 5.74) is -0.749. The van der Waals surface area contributed by atoms with Crippen molar-refractivity contribution in [3.63, 3.8) is 0 Å². The van der Waals surface area contributed by atoms with E-state index in [-0.39, 0.29) is 21.8 Å². The molecule has 0 bridgehead atoms. The van der Waals surface area contributed by atoms with Gasteiger partial charge >= 0.3 is 6.09 Å². The summed E-state index contributed by atoms with van der Waals surface area (Å²) >= 11 is 9.35. The van der Waals surface area contributed by atoms with E-state index in [1.165, 1.54) is 24.4 Å². The molecule has 0 fully saturated rings. The van der Waals surface area contributed by atoms with Crippen molar-refractivity contribution < 1.29 is 18.7 Å². The normalized spacial score (nSPS) is 12.4. The molecule has 1 aromatic heterocycles. The van der Waals surface area contributed by atoms with Gasteiger partial charge in [0.1, 0.15) is 17.1 Å². The summed E-state index contributed by atoms with van der Waals surface area (Å²) in [5, 5.41) is 2.61. The Hall–Kier alpha value is -1.99. The monoisotopic (exact) mass is 470 g/mol. The lowest BCUT2D eigenvalue weighted by Gasteiger charge is -2.24. The molecule has 2 rings (SSSR count). The molecule has 1 atom stereocenters. The highest BCUT2D eigenvalue weighted by atomic mass is 79.9. The van der Waals surface area contributed by atoms with Crippen molar-refractivity contribution in [3.05, 3.63) is 62.6 Å². The first-order valence-electron chi connectivity index (χ1n) is 8.67. The van der Waals surface area contributed by atoms with Crippen LogP contribution >= 0.6 is 27.5 Å². The summed E-state index contributed by atoms with van der Waals surface area (Å²) in [5.74, 6) is -1.42. The van der Waals surface area contributed by atoms with Gasteiger partial charge in [-0.3, -0.25) is 9.78 Å². The number of carbonyl (C=O) groups excluding carboxylic acids is 2. The lowest BCUT2D eigenvalue weighted by atomic mass is 9.98. The van der Waals surface area contributed by atoms with Gasteiger partial charge in [-0.2, -0.15) is 0 Å². The third-order valence-electron chi connectivity index (χ3n) is 3.78. The topological polar surface area (TPSA) is 68.3 Å². The highest BCUT2D eigenvalue weighted by Crippen LogP contribution is 2.29. The summed E-state index contributed by atoms with van der Waals surface area (Å²) in [6.45, 7) is 6.99. The fourth-order valence-electron chi connectivity index (χ4n) is 2.53. The molecule has 2 aromatic rings. The van der Waals surface area contributed by atoms with Gasteiger partial charge in [0.05, 0.1) is 16.6 Å². The molecule has 0 saturated heterocycles. The van der Waals surface area contributed by atoms with Crippen molar-refractivity contribution in [2.75, 3.05) is 0 Å². The molecule has 1 heterocycles. The summed E-state index contributed by atoms with van der Waals surface area (Å²) in [6.07, 6.45) is 1.17. The predicted octanol–water partition coefficient (Wildman–Crippen LogP) is 5.84. The maximum atomic E-state index is 15.2. The van der Waals surface area contributed by atoms with Crippen molar-refractivity contribution in [2.45, 2.75) is 45.8 Å². The van der Waals surface area contributed by atoms with Crippen molar-refractivity contribution in [1.82, 2.24) is 10.3 Å². The Morgan fingerprint density at radius 1 is 1.29 bits per heavy atom. The zero-order chi connectivity index (χ0) is 21.1. The Bertz CT molecular complexity index is 882. The van der Waals surface area contributed by atoms with Crippen LogP contribution in [0.15, 0.2) is 34.9 Å². The number of carbonyl (C=O) groups is 2. The van der Waals surface area contributed by atoms with Gasteiger partial charge in [-0.1, -0.05) is 24.6 Å². The molecule has 0 spiro atoms. The number of rotatable bonds is 5. The van der Waals surface area contributed by atoms with Crippen molar-refractivity contribution in [3.8, 4) is 0 Å². The van der Waals surface area contributed by atoms with E-state index in [0.29, 0.717) is 10.9 Å². The Balaban J connectivity index is 2.38. The summed E-state index contributed by atoms with van der Waals surface area (Å²) in [7, 11) is 0. The van der Waals surface area contributed by atoms with Crippen LogP contribution in [-0.2, 0) is 4.74 Å². The van der Waals surface area contributed by atoms with Gasteiger partial charge in [0.2, 0.25) is 5.78 Å². The number of nitrogens with zero attached hydrogens (tertiary/aromatic N) is 1. The van der Waals surface area contributed by atoms with Gasteiger partial charge in [0.25, 0.3) is 0 Å². The Labute approximate surface area is 176 Å². The van der Waals surface area contributed by atoms with Crippen molar-refractivity contribution >= 4 is 39.4 Å². The van der Waals surface area contributed by atoms with E-state index in [9.17, 15) is 9.59 Å². The fraction of sp³-hybridized carbons (Fsp3) is 0.350. The molecule has 0 saturated carbocycles. The van der Waals surface area contributed by atoms with Crippen LogP contribution in [0.2, 0.25) is 5.02 Å². The molecular weight excluding hydrogens is 451 g/mol. The van der Waals surface area contributed by atoms with Crippen LogP contribution in [0.3, 0.4) is 0 Å². The standard InChI is InChI=1S/C20H21BrClFN2O3/c1-5-14(25-19(27)28-20(2,3)4)12-7-8-13(22)16(17(12)23)18(26)15-9-6-11(21)10-24-15/h6-10,14H,5H2,1-4H3,(H,25,27)/t14-/m1/s1. The Morgan fingerprint density at radius 2 is 1.96 bits per heavy atom. The number of nitrogens with one attached hydrogen (secondary N) is 1. The Morgan fingerprint density at radius 3 is 2.50 bits per heavy atom. The smallest absolute Gasteiger partial charge is 0.408 e. The van der Waals surface area contributed by atoms with E-state index in [0.717, 1.165) is 0 Å². The number of ether oxygens (including phenoxy) is 1. The van der Waals surface area contributed by atoms with Crippen LogP contribution in [-0.4, -0.2) is 22.5 Å². The number of hydrogen-bond donors (Lipinski definition) is 1. The van der Waals surface area contributed by atoms with Crippen LogP contribution in [0.5, 0.6) is 0 Å². The van der Waals surface area contributed by atoms with Crippen molar-refractivity contribution in [1.29, 1.82) is 0 Å². The second-order valence-electron chi connectivity index (χ2n) is 7.12. The quantitative estimate of drug-likeness (QED) is 0.556. The van der Waals surface area contributed by atoms with E-state index in [1.807, 2.05) is 0 Å². The summed E-state index contributed by atoms with van der Waals surface area (Å²) < 4.78 is 21.2. The zero-order valence-corrected chi connectivity index (χ0v) is 18.3. The first-order valence-corrected chi connectivity index (χ1v) is 9.84. The molecule has 5 nitrogen and oxygen atoms in total. The maximum absolute atomic E-state index is 15.2. The van der Waals surface area contributed by atoms with E-state index in [2.05, 4.69) is 26.2 Å². The lowest BCUT2D eigenvalue weighted by molar-refractivity contribution is 0.0501. The highest BCUT2D eigenvalue weighted by molar-refractivity contribution is 9.10. The largest absolute Gasteiger partial charge is 0.444 e. The molecule has 1 N–H and O–H groups in total. The van der Waals surface area contributed by atoms with Crippen LogP contribution in [0.25, 0.3) is 0 Å². The van der Waals surface area contributed by atoms with Crippen molar-refractivity contribution in [2.24, 2.45) is 0 Å². The highest BCUT2D eigenvalue weighted by Gasteiger charge is 2.26. The number of alkyl carbamates (subject to hydrolysis) is 1. The molecule has 0 aliphatic rings. The number of ketones is 1. The molecule has 150 valence electrons. The first-order chi connectivity index (χ1) is 13.0. The molecular formula is C20H21BrClFN2O3. The molecule has 28 heavy (non-hydrogen) atoms. The minimum Gasteiger partial charge on any atom is -0.444 e. The van der Waals surface area contributed by atoms with Gasteiger partial charge in [-0.15, -0.1) is 0 Å². The summed E-state index contributed by atoms with van der Waals surface area (Å²) in [4.78, 5) is 28.9. The van der Waals surface area contributed by atoms with Crippen LogP contribution in [0.4, 0.5) is 9.18 Å². The molecule has 1 aromatic carbocycles. The maximum Gasteiger partial charge on any atom is 0.408 e. The average Bonchev–Trinajstić information content (AvgIpc) is 2.59. The predicted molar refractivity (Wildman–Crippen MR) is 109 cm³/mol. The molecule has 8 heteroatoms. The number of aromatic nitrogens is 1. The van der Waals surface area contributed by atoms with Crippen LogP contribution in [0, 0.1) is 5.82 Å². The van der Waals surface area contributed by atoms with Gasteiger partial charge in [-0.25, -0.2) is 9.18 Å². The second kappa shape index (κ2) is 9.01. The SMILES string of the molecule is CC[C@@H](NC(=O)OC(C)(C)C)c1ccc(Cl)c(C(=O)c2ccc(Br)cn2)c1F. The molecule has 0 aliphatic carbocycles. The van der Waals surface area contributed by atoms with Crippen LogP contribution in [0.1, 0.15) is 61.8 Å². The number of hydrogen-bond acceptors (Lipinski definition) is 4. The number of halogens is 3. The first kappa shape index (κ1) is 22.3. The minimum absolute atomic E-state index is 0.0249. The third-order valence-corrected chi connectivity index (χ3v) is 4.57. The third kappa shape index (κ3) is 5.52. The molecule has 0 aliphatic heterocycles. The van der Waals surface area contributed by atoms with Gasteiger partial charge in [0.15, 0.2) is 0 Å². The Kier molecular flexibility index (Phi) is 7.17. The fourth-order valence-corrected chi connectivity index (χ4v) is 3.00. The van der Waals surface area contributed by atoms with E-state index in [4.69, 9.17) is 16.3 Å². The molecule has 0 radical (unpaired) electrons. The molecule has 1 amide bonds. The molecule has 0 unspecified atom stereocenters. The van der Waals surface area contributed by atoms with Gasteiger partial charge in [-0.05, 0) is 61.3 Å². The lowest BCUT2D eigenvalue weighted by Crippen LogP contribution is -2.35. The van der Waals surface area contributed by atoms with Gasteiger partial charge in [0, 0.05) is 16.2 Å². The summed E-state index contributed by atoms with van der Waals surface area (Å²) in [6, 6.07) is 5.32. The van der Waals surface area contributed by atoms with E-state index >= 15 is 4.39 Å². The van der Waals surface area contributed by atoms with Gasteiger partial charge < -0.3 is 10.1 Å². The number of benzene rings is 1. The minimum atomic E-state index is -0.787. The van der Waals surface area contributed by atoms with Crippen LogP contribution < -0.4 is 5.32 Å². The second-order valence-corrected chi connectivity index (χ2v) is 8.45. The number of amides is 1.